The number of carbonyl (C=O) groups excluding carboxylic acids is 1. The summed E-state index contributed by atoms with van der Waals surface area (Å²) in [6.07, 6.45) is 4.81. The second kappa shape index (κ2) is 10.0. The van der Waals surface area contributed by atoms with Crippen LogP contribution in [-0.4, -0.2) is 48.5 Å². The number of nitrogens with zero attached hydrogens (tertiary/aromatic N) is 2. The van der Waals surface area contributed by atoms with Gasteiger partial charge in [0, 0.05) is 41.8 Å². The molecule has 31 heavy (non-hydrogen) atoms. The fourth-order valence-electron chi connectivity index (χ4n) is 4.73. The first-order valence-electron chi connectivity index (χ1n) is 11.2. The van der Waals surface area contributed by atoms with Crippen LogP contribution in [-0.2, 0) is 6.54 Å². The molecule has 1 saturated carbocycles. The molecule has 170 valence electrons. The van der Waals surface area contributed by atoms with Crippen LogP contribution in [0.15, 0.2) is 16.2 Å². The van der Waals surface area contributed by atoms with Crippen LogP contribution in [0.1, 0.15) is 65.3 Å². The van der Waals surface area contributed by atoms with Crippen molar-refractivity contribution in [3.05, 3.63) is 49.7 Å². The maximum Gasteiger partial charge on any atom is 0.253 e. The topological polar surface area (TPSA) is 68.4 Å². The Labute approximate surface area is 189 Å². The third kappa shape index (κ3) is 5.21. The quantitative estimate of drug-likeness (QED) is 0.678. The van der Waals surface area contributed by atoms with E-state index in [1.807, 2.05) is 32.2 Å². The first-order chi connectivity index (χ1) is 14.7. The van der Waals surface area contributed by atoms with Gasteiger partial charge in [-0.05, 0) is 84.7 Å². The molecule has 0 bridgehead atoms. The lowest BCUT2D eigenvalue weighted by atomic mass is 9.89. The van der Waals surface area contributed by atoms with Gasteiger partial charge < -0.3 is 20.1 Å². The number of aromatic amines is 1. The minimum Gasteiger partial charge on any atom is -0.361 e. The average molecular weight is 445 g/mol. The molecule has 1 aliphatic carbocycles. The zero-order valence-corrected chi connectivity index (χ0v) is 20.5. The number of aryl methyl sites for hydroxylation is 2. The van der Waals surface area contributed by atoms with E-state index < -0.39 is 0 Å². The van der Waals surface area contributed by atoms with E-state index in [-0.39, 0.29) is 18.0 Å². The van der Waals surface area contributed by atoms with Crippen molar-refractivity contribution in [2.75, 3.05) is 25.5 Å². The Balaban J connectivity index is 1.70. The standard InChI is InChI=1S/C24H36N4O2S/c1-7-28(19-10-8-18(9-11-19)27(5)6)24-17(4)21(14-31-24)22(29)25-13-20-15(2)12-16(3)26-23(20)30/h12,14,18-19H,7-11,13H2,1-6H3,(H,25,29)(H,26,30)/t18-,19+. The Hall–Kier alpha value is -2.12. The molecule has 0 aliphatic heterocycles. The number of aromatic nitrogens is 1. The van der Waals surface area contributed by atoms with E-state index in [1.54, 1.807) is 11.3 Å². The van der Waals surface area contributed by atoms with Gasteiger partial charge in [0.1, 0.15) is 0 Å². The minimum absolute atomic E-state index is 0.119. The molecule has 2 N–H and O–H groups in total. The Kier molecular flexibility index (Phi) is 7.59. The van der Waals surface area contributed by atoms with Gasteiger partial charge in [0.2, 0.25) is 0 Å². The Bertz CT molecular complexity index is 970. The molecule has 1 amide bonds. The van der Waals surface area contributed by atoms with Crippen LogP contribution >= 0.6 is 11.3 Å². The summed E-state index contributed by atoms with van der Waals surface area (Å²) in [6.45, 7) is 9.18. The number of rotatable bonds is 7. The van der Waals surface area contributed by atoms with E-state index in [9.17, 15) is 9.59 Å². The van der Waals surface area contributed by atoms with Gasteiger partial charge in [0.15, 0.2) is 0 Å². The number of pyridine rings is 1. The molecule has 0 aromatic carbocycles. The van der Waals surface area contributed by atoms with Crippen LogP contribution in [0.3, 0.4) is 0 Å². The van der Waals surface area contributed by atoms with Gasteiger partial charge in [-0.1, -0.05) is 0 Å². The summed E-state index contributed by atoms with van der Waals surface area (Å²) < 4.78 is 0. The second-order valence-electron chi connectivity index (χ2n) is 8.92. The van der Waals surface area contributed by atoms with Crippen LogP contribution < -0.4 is 15.8 Å². The molecule has 2 aromatic heterocycles. The third-order valence-electron chi connectivity index (χ3n) is 6.62. The summed E-state index contributed by atoms with van der Waals surface area (Å²) in [5.41, 5.74) is 3.95. The highest BCUT2D eigenvalue weighted by Gasteiger charge is 2.28. The molecule has 3 rings (SSSR count). The summed E-state index contributed by atoms with van der Waals surface area (Å²) in [4.78, 5) is 32.8. The van der Waals surface area contributed by atoms with Gasteiger partial charge in [0.05, 0.1) is 10.6 Å². The maximum atomic E-state index is 12.9. The van der Waals surface area contributed by atoms with Gasteiger partial charge in [0.25, 0.3) is 11.5 Å². The number of amides is 1. The zero-order valence-electron chi connectivity index (χ0n) is 19.7. The lowest BCUT2D eigenvalue weighted by Crippen LogP contribution is -2.42. The Morgan fingerprint density at radius 2 is 1.81 bits per heavy atom. The molecular formula is C24H36N4O2S. The number of carbonyl (C=O) groups is 1. The van der Waals surface area contributed by atoms with Crippen molar-refractivity contribution in [3.8, 4) is 0 Å². The van der Waals surface area contributed by atoms with E-state index in [1.165, 1.54) is 30.7 Å². The Morgan fingerprint density at radius 1 is 1.16 bits per heavy atom. The van der Waals surface area contributed by atoms with Crippen LogP contribution in [0, 0.1) is 20.8 Å². The number of hydrogen-bond donors (Lipinski definition) is 2. The van der Waals surface area contributed by atoms with Gasteiger partial charge in [-0.25, -0.2) is 0 Å². The molecule has 0 atom stereocenters. The smallest absolute Gasteiger partial charge is 0.253 e. The molecular weight excluding hydrogens is 408 g/mol. The van der Waals surface area contributed by atoms with E-state index >= 15 is 0 Å². The second-order valence-corrected chi connectivity index (χ2v) is 9.78. The number of anilines is 1. The number of thiophene rings is 1. The van der Waals surface area contributed by atoms with Crippen molar-refractivity contribution in [1.82, 2.24) is 15.2 Å². The molecule has 0 radical (unpaired) electrons. The van der Waals surface area contributed by atoms with Crippen LogP contribution in [0.2, 0.25) is 0 Å². The van der Waals surface area contributed by atoms with E-state index in [0.717, 1.165) is 23.4 Å². The summed E-state index contributed by atoms with van der Waals surface area (Å²) in [5.74, 6) is -0.119. The Morgan fingerprint density at radius 3 is 2.39 bits per heavy atom. The van der Waals surface area contributed by atoms with E-state index in [4.69, 9.17) is 0 Å². The van der Waals surface area contributed by atoms with Gasteiger partial charge >= 0.3 is 0 Å². The fourth-order valence-corrected chi connectivity index (χ4v) is 5.95. The highest BCUT2D eigenvalue weighted by atomic mass is 32.1. The predicted molar refractivity (Wildman–Crippen MR) is 130 cm³/mol. The van der Waals surface area contributed by atoms with Crippen LogP contribution in [0.5, 0.6) is 0 Å². The van der Waals surface area contributed by atoms with Crippen molar-refractivity contribution in [2.24, 2.45) is 0 Å². The first kappa shape index (κ1) is 23.5. The fraction of sp³-hybridized carbons (Fsp3) is 0.583. The number of nitrogens with one attached hydrogen (secondary N) is 2. The molecule has 6 nitrogen and oxygen atoms in total. The largest absolute Gasteiger partial charge is 0.361 e. The zero-order chi connectivity index (χ0) is 22.7. The maximum absolute atomic E-state index is 12.9. The van der Waals surface area contributed by atoms with Crippen molar-refractivity contribution < 1.29 is 4.79 Å². The minimum atomic E-state index is -0.133. The van der Waals surface area contributed by atoms with Gasteiger partial charge in [-0.15, -0.1) is 11.3 Å². The highest BCUT2D eigenvalue weighted by molar-refractivity contribution is 7.14. The lowest BCUT2D eigenvalue weighted by Gasteiger charge is -2.39. The molecule has 2 aromatic rings. The summed E-state index contributed by atoms with van der Waals surface area (Å²) in [6, 6.07) is 3.14. The number of H-pyrrole nitrogens is 1. The molecule has 0 saturated heterocycles. The third-order valence-corrected chi connectivity index (χ3v) is 7.73. The van der Waals surface area contributed by atoms with E-state index in [0.29, 0.717) is 23.2 Å². The summed E-state index contributed by atoms with van der Waals surface area (Å²) >= 11 is 1.65. The van der Waals surface area contributed by atoms with Crippen molar-refractivity contribution in [2.45, 2.75) is 72.0 Å². The monoisotopic (exact) mass is 444 g/mol. The molecule has 0 unspecified atom stereocenters. The van der Waals surface area contributed by atoms with Crippen molar-refractivity contribution in [1.29, 1.82) is 0 Å². The van der Waals surface area contributed by atoms with E-state index in [2.05, 4.69) is 41.1 Å². The van der Waals surface area contributed by atoms with Crippen molar-refractivity contribution in [3.63, 3.8) is 0 Å². The van der Waals surface area contributed by atoms with Crippen LogP contribution in [0.25, 0.3) is 0 Å². The van der Waals surface area contributed by atoms with Crippen molar-refractivity contribution >= 4 is 22.2 Å². The predicted octanol–water partition coefficient (Wildman–Crippen LogP) is 3.99. The summed E-state index contributed by atoms with van der Waals surface area (Å²) in [5, 5.41) is 6.11. The molecule has 1 aliphatic rings. The highest BCUT2D eigenvalue weighted by Crippen LogP contribution is 2.36. The van der Waals surface area contributed by atoms with Gasteiger partial charge in [-0.3, -0.25) is 9.59 Å². The molecule has 0 spiro atoms. The molecule has 7 heteroatoms. The summed E-state index contributed by atoms with van der Waals surface area (Å²) in [7, 11) is 4.34. The average Bonchev–Trinajstić information content (AvgIpc) is 3.09. The SMILES string of the molecule is CCN(c1scc(C(=O)NCc2c(C)cc(C)[nH]c2=O)c1C)[C@H]1CC[C@@H](N(C)C)CC1. The first-order valence-corrected chi connectivity index (χ1v) is 12.1. The number of hydrogen-bond acceptors (Lipinski definition) is 5. The molecule has 1 fully saturated rings. The normalized spacial score (nSPS) is 18.9. The molecule has 2 heterocycles. The lowest BCUT2D eigenvalue weighted by molar-refractivity contribution is 0.0950. The van der Waals surface area contributed by atoms with Gasteiger partial charge in [-0.2, -0.15) is 0 Å². The van der Waals surface area contributed by atoms with Crippen LogP contribution in [0.4, 0.5) is 5.00 Å².